The molecular formula is C26H34N4O2. The van der Waals surface area contributed by atoms with E-state index < -0.39 is 0 Å². The van der Waals surface area contributed by atoms with Gasteiger partial charge in [0.05, 0.1) is 17.8 Å². The average molecular weight is 435 g/mol. The zero-order chi connectivity index (χ0) is 21.9. The van der Waals surface area contributed by atoms with E-state index in [0.717, 1.165) is 29.9 Å². The van der Waals surface area contributed by atoms with Crippen molar-refractivity contribution in [1.82, 2.24) is 15.2 Å². The molecule has 3 heterocycles. The minimum absolute atomic E-state index is 0.0259. The van der Waals surface area contributed by atoms with Crippen LogP contribution in [-0.4, -0.2) is 54.1 Å². The fourth-order valence-corrected chi connectivity index (χ4v) is 5.42. The maximum atomic E-state index is 13.2. The third-order valence-electron chi connectivity index (χ3n) is 7.20. The minimum atomic E-state index is -0.0259. The molecule has 5 rings (SSSR count). The molecule has 32 heavy (non-hydrogen) atoms. The number of piperidine rings is 1. The number of anilines is 2. The number of rotatable bonds is 4. The van der Waals surface area contributed by atoms with Crippen molar-refractivity contribution in [2.24, 2.45) is 0 Å². The average Bonchev–Trinajstić information content (AvgIpc) is 2.85. The van der Waals surface area contributed by atoms with Gasteiger partial charge >= 0.3 is 0 Å². The number of para-hydroxylation sites is 1. The monoisotopic (exact) mass is 434 g/mol. The number of nitrogens with one attached hydrogen (secondary N) is 1. The fourth-order valence-electron chi connectivity index (χ4n) is 5.42. The molecule has 1 N–H and O–H groups in total. The van der Waals surface area contributed by atoms with Crippen LogP contribution in [0.4, 0.5) is 11.5 Å². The zero-order valence-corrected chi connectivity index (χ0v) is 19.1. The first-order valence-corrected chi connectivity index (χ1v) is 12.2. The molecule has 1 saturated heterocycles. The lowest BCUT2D eigenvalue weighted by atomic mass is 9.89. The highest BCUT2D eigenvalue weighted by Crippen LogP contribution is 2.38. The van der Waals surface area contributed by atoms with E-state index in [1.165, 1.54) is 45.2 Å². The maximum absolute atomic E-state index is 13.2. The number of hydrogen-bond acceptors (Lipinski definition) is 5. The van der Waals surface area contributed by atoms with Crippen molar-refractivity contribution in [3.05, 3.63) is 47.7 Å². The highest BCUT2D eigenvalue weighted by molar-refractivity contribution is 5.99. The van der Waals surface area contributed by atoms with Crippen LogP contribution in [0.15, 0.2) is 36.5 Å². The highest BCUT2D eigenvalue weighted by Gasteiger charge is 2.30. The summed E-state index contributed by atoms with van der Waals surface area (Å²) in [5.74, 6) is 1.52. The zero-order valence-electron chi connectivity index (χ0n) is 19.1. The van der Waals surface area contributed by atoms with Crippen LogP contribution in [0, 0.1) is 6.92 Å². The molecule has 6 nitrogen and oxygen atoms in total. The van der Waals surface area contributed by atoms with Gasteiger partial charge in [0.2, 0.25) is 0 Å². The van der Waals surface area contributed by atoms with E-state index in [0.29, 0.717) is 30.5 Å². The summed E-state index contributed by atoms with van der Waals surface area (Å²) < 4.78 is 6.00. The molecule has 3 aliphatic rings. The van der Waals surface area contributed by atoms with Gasteiger partial charge in [-0.05, 0) is 82.3 Å². The van der Waals surface area contributed by atoms with Crippen LogP contribution < -0.4 is 15.0 Å². The number of aryl methyl sites for hydroxylation is 1. The smallest absolute Gasteiger partial charge is 0.255 e. The third-order valence-corrected chi connectivity index (χ3v) is 7.20. The molecule has 1 aliphatic carbocycles. The molecule has 0 bridgehead atoms. The van der Waals surface area contributed by atoms with Crippen LogP contribution in [0.2, 0.25) is 0 Å². The minimum Gasteiger partial charge on any atom is -0.489 e. The molecule has 0 atom stereocenters. The first-order chi connectivity index (χ1) is 15.7. The first-order valence-electron chi connectivity index (χ1n) is 12.2. The third kappa shape index (κ3) is 4.46. The van der Waals surface area contributed by atoms with Crippen molar-refractivity contribution >= 4 is 17.4 Å². The Morgan fingerprint density at radius 3 is 2.59 bits per heavy atom. The molecule has 1 aromatic carbocycles. The van der Waals surface area contributed by atoms with Crippen molar-refractivity contribution in [1.29, 1.82) is 0 Å². The number of benzene rings is 1. The molecule has 0 spiro atoms. The predicted octanol–water partition coefficient (Wildman–Crippen LogP) is 4.45. The molecule has 1 saturated carbocycles. The van der Waals surface area contributed by atoms with Gasteiger partial charge in [0.15, 0.2) is 5.75 Å². The van der Waals surface area contributed by atoms with Gasteiger partial charge in [-0.2, -0.15) is 0 Å². The van der Waals surface area contributed by atoms with Gasteiger partial charge in [0.1, 0.15) is 12.4 Å². The molecule has 1 aromatic heterocycles. The Bertz CT molecular complexity index is 931. The Kier molecular flexibility index (Phi) is 6.30. The van der Waals surface area contributed by atoms with Gasteiger partial charge in [-0.3, -0.25) is 4.79 Å². The van der Waals surface area contributed by atoms with Crippen molar-refractivity contribution in [2.45, 2.75) is 64.0 Å². The molecule has 170 valence electrons. The fraction of sp³-hybridized carbons (Fsp3) is 0.538. The van der Waals surface area contributed by atoms with E-state index in [4.69, 9.17) is 4.74 Å². The van der Waals surface area contributed by atoms with Gasteiger partial charge in [-0.1, -0.05) is 18.6 Å². The molecular weight excluding hydrogens is 400 g/mol. The highest BCUT2D eigenvalue weighted by atomic mass is 16.5. The number of pyridine rings is 1. The van der Waals surface area contributed by atoms with Crippen LogP contribution in [0.1, 0.15) is 60.9 Å². The van der Waals surface area contributed by atoms with Gasteiger partial charge in [0, 0.05) is 18.3 Å². The van der Waals surface area contributed by atoms with E-state index in [9.17, 15) is 4.79 Å². The Hall–Kier alpha value is -2.60. The largest absolute Gasteiger partial charge is 0.489 e. The normalized spacial score (nSPS) is 23.8. The molecule has 2 aliphatic heterocycles. The van der Waals surface area contributed by atoms with Crippen LogP contribution >= 0.6 is 0 Å². The van der Waals surface area contributed by atoms with E-state index in [1.54, 1.807) is 0 Å². The van der Waals surface area contributed by atoms with Gasteiger partial charge in [-0.25, -0.2) is 4.98 Å². The Morgan fingerprint density at radius 2 is 1.84 bits per heavy atom. The molecule has 1 amide bonds. The summed E-state index contributed by atoms with van der Waals surface area (Å²) in [6.07, 6.45) is 10.4. The SMILES string of the molecule is Cc1ccc(N2CCOc3c(C(=O)NC4CCC(N5CCCCC5)CC4)cccc32)nc1. The maximum Gasteiger partial charge on any atom is 0.255 e. The van der Waals surface area contributed by atoms with Crippen molar-refractivity contribution in [3.8, 4) is 5.75 Å². The number of carbonyl (C=O) groups excluding carboxylic acids is 1. The van der Waals surface area contributed by atoms with Crippen molar-refractivity contribution in [2.75, 3.05) is 31.1 Å². The second kappa shape index (κ2) is 9.49. The lowest BCUT2D eigenvalue weighted by Crippen LogP contribution is -2.45. The van der Waals surface area contributed by atoms with Gasteiger partial charge in [-0.15, -0.1) is 0 Å². The van der Waals surface area contributed by atoms with Crippen molar-refractivity contribution in [3.63, 3.8) is 0 Å². The second-order valence-electron chi connectivity index (χ2n) is 9.42. The van der Waals surface area contributed by atoms with E-state index in [1.807, 2.05) is 37.4 Å². The molecule has 0 unspecified atom stereocenters. The molecule has 2 aromatic rings. The van der Waals surface area contributed by atoms with Crippen LogP contribution in [0.5, 0.6) is 5.75 Å². The summed E-state index contributed by atoms with van der Waals surface area (Å²) in [6.45, 7) is 5.79. The van der Waals surface area contributed by atoms with Crippen LogP contribution in [0.25, 0.3) is 0 Å². The summed E-state index contributed by atoms with van der Waals surface area (Å²) in [4.78, 5) is 22.6. The van der Waals surface area contributed by atoms with E-state index >= 15 is 0 Å². The topological polar surface area (TPSA) is 57.7 Å². The Morgan fingerprint density at radius 1 is 1.03 bits per heavy atom. The van der Waals surface area contributed by atoms with Gasteiger partial charge < -0.3 is 19.9 Å². The molecule has 0 radical (unpaired) electrons. The summed E-state index contributed by atoms with van der Waals surface area (Å²) in [5, 5.41) is 3.30. The van der Waals surface area contributed by atoms with Crippen LogP contribution in [-0.2, 0) is 0 Å². The summed E-state index contributed by atoms with van der Waals surface area (Å²) >= 11 is 0. The molecule has 2 fully saturated rings. The summed E-state index contributed by atoms with van der Waals surface area (Å²) in [5.41, 5.74) is 2.66. The van der Waals surface area contributed by atoms with E-state index in [-0.39, 0.29) is 11.9 Å². The number of hydrogen-bond donors (Lipinski definition) is 1. The summed E-state index contributed by atoms with van der Waals surface area (Å²) in [6, 6.07) is 10.9. The van der Waals surface area contributed by atoms with Crippen LogP contribution in [0.3, 0.4) is 0 Å². The van der Waals surface area contributed by atoms with Gasteiger partial charge in [0.25, 0.3) is 5.91 Å². The lowest BCUT2D eigenvalue weighted by molar-refractivity contribution is 0.0883. The number of ether oxygens (including phenoxy) is 1. The molecule has 6 heteroatoms. The quantitative estimate of drug-likeness (QED) is 0.771. The Balaban J connectivity index is 1.26. The summed E-state index contributed by atoms with van der Waals surface area (Å²) in [7, 11) is 0. The number of carbonyl (C=O) groups is 1. The standard InChI is InChI=1S/C26H34N4O2/c1-19-8-13-24(27-18-19)30-16-17-32-25-22(6-5-7-23(25)30)26(31)28-20-9-11-21(12-10-20)29-14-3-2-4-15-29/h5-8,13,18,20-21H,2-4,9-12,14-17H2,1H3,(H,28,31). The number of fused-ring (bicyclic) bond motifs is 1. The number of amides is 1. The predicted molar refractivity (Wildman–Crippen MR) is 127 cm³/mol. The number of likely N-dealkylation sites (tertiary alicyclic amines) is 1. The first kappa shape index (κ1) is 21.3. The van der Waals surface area contributed by atoms with Crippen molar-refractivity contribution < 1.29 is 9.53 Å². The lowest BCUT2D eigenvalue weighted by Gasteiger charge is -2.39. The Labute approximate surface area is 191 Å². The number of aromatic nitrogens is 1. The second-order valence-corrected chi connectivity index (χ2v) is 9.42. The van der Waals surface area contributed by atoms with E-state index in [2.05, 4.69) is 26.2 Å². The number of nitrogens with zero attached hydrogens (tertiary/aromatic N) is 3.